The van der Waals surface area contributed by atoms with E-state index >= 15 is 0 Å². The normalized spacial score (nSPS) is 15.5. The number of rotatable bonds is 2. The number of hydrogen-bond donors (Lipinski definition) is 1. The smallest absolute Gasteiger partial charge is 0.407 e. The Morgan fingerprint density at radius 3 is 2.60 bits per heavy atom. The molecule has 1 aliphatic rings. The number of amides is 1. The minimum atomic E-state index is -0.902. The summed E-state index contributed by atoms with van der Waals surface area (Å²) in [6.45, 7) is 7.75. The molecular weight excluding hydrogens is 320 g/mol. The maximum Gasteiger partial charge on any atom is 0.407 e. The monoisotopic (exact) mass is 344 g/mol. The van der Waals surface area contributed by atoms with Gasteiger partial charge in [-0.25, -0.2) is 14.6 Å². The first-order valence-electron chi connectivity index (χ1n) is 8.41. The summed E-state index contributed by atoms with van der Waals surface area (Å²) in [5, 5.41) is 9.04. The fourth-order valence-electron chi connectivity index (χ4n) is 3.15. The van der Waals surface area contributed by atoms with Crippen LogP contribution in [-0.4, -0.2) is 43.3 Å². The van der Waals surface area contributed by atoms with E-state index in [2.05, 4.69) is 25.8 Å². The zero-order valence-corrected chi connectivity index (χ0v) is 15.1. The predicted molar refractivity (Wildman–Crippen MR) is 96.6 cm³/mol. The molecule has 3 rings (SSSR count). The van der Waals surface area contributed by atoms with Crippen molar-refractivity contribution >= 4 is 22.8 Å². The number of carbonyl (C=O) groups is 1. The van der Waals surface area contributed by atoms with Gasteiger partial charge in [-0.1, -0.05) is 26.8 Å². The van der Waals surface area contributed by atoms with Gasteiger partial charge in [0, 0.05) is 26.7 Å². The number of carboxylic acid groups (broad SMARTS) is 1. The fraction of sp³-hybridized carbons (Fsp3) is 0.500. The molecule has 0 saturated carbocycles. The Morgan fingerprint density at radius 2 is 2.04 bits per heavy atom. The van der Waals surface area contributed by atoms with Gasteiger partial charge in [0.05, 0.1) is 11.2 Å². The molecule has 0 fully saturated rings. The maximum absolute atomic E-state index is 12.6. The molecule has 0 spiro atoms. The van der Waals surface area contributed by atoms with Crippen LogP contribution in [-0.2, 0) is 13.6 Å². The van der Waals surface area contributed by atoms with Crippen molar-refractivity contribution < 1.29 is 9.90 Å². The first-order chi connectivity index (χ1) is 11.7. The van der Waals surface area contributed by atoms with Gasteiger partial charge >= 0.3 is 11.8 Å². The SMILES string of the molecule is Cn1c(=O)n(CC(C)(C)C)c2ccc(C3=CCN(C(=O)O)CC3)nc21. The van der Waals surface area contributed by atoms with Crippen LogP contribution >= 0.6 is 0 Å². The summed E-state index contributed by atoms with van der Waals surface area (Å²) in [5.41, 5.74) is 3.24. The lowest BCUT2D eigenvalue weighted by Crippen LogP contribution is -2.33. The standard InChI is InChI=1S/C18H24N4O3/c1-18(2,3)11-22-14-6-5-13(19-15(14)20(4)16(22)23)12-7-9-21(10-8-12)17(24)25/h5-7H,8-11H2,1-4H3,(H,24,25). The van der Waals surface area contributed by atoms with E-state index in [0.717, 1.165) is 16.8 Å². The quantitative estimate of drug-likeness (QED) is 0.908. The lowest BCUT2D eigenvalue weighted by Gasteiger charge is -2.23. The molecular formula is C18H24N4O3. The van der Waals surface area contributed by atoms with E-state index in [1.807, 2.05) is 18.2 Å². The van der Waals surface area contributed by atoms with Crippen molar-refractivity contribution in [2.45, 2.75) is 33.7 Å². The second-order valence-corrected chi connectivity index (χ2v) is 7.74. The number of fused-ring (bicyclic) bond motifs is 1. The summed E-state index contributed by atoms with van der Waals surface area (Å²) >= 11 is 0. The zero-order valence-electron chi connectivity index (χ0n) is 15.1. The molecule has 0 saturated heterocycles. The van der Waals surface area contributed by atoms with E-state index in [1.54, 1.807) is 16.2 Å². The largest absolute Gasteiger partial charge is 0.465 e. The molecule has 1 amide bonds. The topological polar surface area (TPSA) is 80.4 Å². The second kappa shape index (κ2) is 6.06. The van der Waals surface area contributed by atoms with Gasteiger partial charge in [-0.3, -0.25) is 9.13 Å². The van der Waals surface area contributed by atoms with Crippen LogP contribution in [0.5, 0.6) is 0 Å². The Morgan fingerprint density at radius 1 is 1.32 bits per heavy atom. The minimum Gasteiger partial charge on any atom is -0.465 e. The van der Waals surface area contributed by atoms with E-state index < -0.39 is 6.09 Å². The second-order valence-electron chi connectivity index (χ2n) is 7.74. The Kier molecular flexibility index (Phi) is 4.18. The van der Waals surface area contributed by atoms with Crippen LogP contribution in [0.3, 0.4) is 0 Å². The molecule has 0 aliphatic carbocycles. The van der Waals surface area contributed by atoms with E-state index in [1.165, 1.54) is 4.90 Å². The molecule has 2 aromatic heterocycles. The van der Waals surface area contributed by atoms with E-state index in [0.29, 0.717) is 31.7 Å². The van der Waals surface area contributed by atoms with E-state index in [9.17, 15) is 9.59 Å². The summed E-state index contributed by atoms with van der Waals surface area (Å²) in [6, 6.07) is 3.86. The Hall–Kier alpha value is -2.57. The molecule has 0 bridgehead atoms. The summed E-state index contributed by atoms with van der Waals surface area (Å²) < 4.78 is 3.35. The van der Waals surface area contributed by atoms with Gasteiger partial charge < -0.3 is 10.0 Å². The highest BCUT2D eigenvalue weighted by molar-refractivity contribution is 5.77. The van der Waals surface area contributed by atoms with Crippen molar-refractivity contribution in [2.24, 2.45) is 12.5 Å². The number of nitrogens with zero attached hydrogens (tertiary/aromatic N) is 4. The van der Waals surface area contributed by atoms with Crippen molar-refractivity contribution in [3.05, 3.63) is 34.4 Å². The van der Waals surface area contributed by atoms with Crippen LogP contribution < -0.4 is 5.69 Å². The fourth-order valence-corrected chi connectivity index (χ4v) is 3.15. The molecule has 0 radical (unpaired) electrons. The maximum atomic E-state index is 12.6. The van der Waals surface area contributed by atoms with Crippen molar-refractivity contribution in [3.8, 4) is 0 Å². The molecule has 1 N–H and O–H groups in total. The highest BCUT2D eigenvalue weighted by atomic mass is 16.4. The zero-order chi connectivity index (χ0) is 18.4. The Labute approximate surface area is 146 Å². The molecule has 0 unspecified atom stereocenters. The molecule has 3 heterocycles. The van der Waals surface area contributed by atoms with Gasteiger partial charge in [0.15, 0.2) is 5.65 Å². The number of aryl methyl sites for hydroxylation is 1. The number of aromatic nitrogens is 3. The highest BCUT2D eigenvalue weighted by Crippen LogP contribution is 2.24. The third-order valence-electron chi connectivity index (χ3n) is 4.42. The summed E-state index contributed by atoms with van der Waals surface area (Å²) in [4.78, 5) is 29.6. The summed E-state index contributed by atoms with van der Waals surface area (Å²) in [6.07, 6.45) is 1.62. The molecule has 0 aromatic carbocycles. The Balaban J connectivity index is 2.00. The third kappa shape index (κ3) is 3.31. The van der Waals surface area contributed by atoms with Crippen molar-refractivity contribution in [1.82, 2.24) is 19.0 Å². The lowest BCUT2D eigenvalue weighted by molar-refractivity contribution is 0.150. The molecule has 7 nitrogen and oxygen atoms in total. The number of hydrogen-bond acceptors (Lipinski definition) is 3. The average molecular weight is 344 g/mol. The highest BCUT2D eigenvalue weighted by Gasteiger charge is 2.21. The van der Waals surface area contributed by atoms with Crippen LogP contribution in [0.25, 0.3) is 16.7 Å². The molecule has 0 atom stereocenters. The van der Waals surface area contributed by atoms with Gasteiger partial charge in [0.2, 0.25) is 0 Å². The number of pyridine rings is 1. The van der Waals surface area contributed by atoms with Crippen LogP contribution in [0.1, 0.15) is 32.9 Å². The average Bonchev–Trinajstić information content (AvgIpc) is 2.78. The first-order valence-corrected chi connectivity index (χ1v) is 8.41. The Bertz CT molecular complexity index is 915. The van der Waals surface area contributed by atoms with Crippen LogP contribution in [0.2, 0.25) is 0 Å². The van der Waals surface area contributed by atoms with Gasteiger partial charge in [-0.05, 0) is 29.5 Å². The van der Waals surface area contributed by atoms with E-state index in [-0.39, 0.29) is 11.1 Å². The first kappa shape index (κ1) is 17.3. The predicted octanol–water partition coefficient (Wildman–Crippen LogP) is 2.55. The molecule has 2 aromatic rings. The van der Waals surface area contributed by atoms with Gasteiger partial charge in [0.25, 0.3) is 0 Å². The van der Waals surface area contributed by atoms with Gasteiger partial charge in [-0.2, -0.15) is 0 Å². The number of imidazole rings is 1. The molecule has 7 heteroatoms. The summed E-state index contributed by atoms with van der Waals surface area (Å²) in [7, 11) is 1.74. The minimum absolute atomic E-state index is 0.0109. The van der Waals surface area contributed by atoms with Crippen molar-refractivity contribution in [1.29, 1.82) is 0 Å². The van der Waals surface area contributed by atoms with Gasteiger partial charge in [-0.15, -0.1) is 0 Å². The van der Waals surface area contributed by atoms with Crippen LogP contribution in [0.4, 0.5) is 4.79 Å². The van der Waals surface area contributed by atoms with Crippen molar-refractivity contribution in [2.75, 3.05) is 13.1 Å². The van der Waals surface area contributed by atoms with Crippen LogP contribution in [0.15, 0.2) is 23.0 Å². The van der Waals surface area contributed by atoms with Gasteiger partial charge in [0.1, 0.15) is 0 Å². The molecule has 25 heavy (non-hydrogen) atoms. The molecule has 134 valence electrons. The van der Waals surface area contributed by atoms with Crippen LogP contribution in [0, 0.1) is 5.41 Å². The summed E-state index contributed by atoms with van der Waals surface area (Å²) in [5.74, 6) is 0. The third-order valence-corrected chi connectivity index (χ3v) is 4.42. The van der Waals surface area contributed by atoms with E-state index in [4.69, 9.17) is 5.11 Å². The molecule has 1 aliphatic heterocycles. The van der Waals surface area contributed by atoms with Crippen molar-refractivity contribution in [3.63, 3.8) is 0 Å². The lowest BCUT2D eigenvalue weighted by atomic mass is 9.97.